The zero-order valence-electron chi connectivity index (χ0n) is 9.98. The van der Waals surface area contributed by atoms with Crippen molar-refractivity contribution in [2.75, 3.05) is 6.54 Å². The van der Waals surface area contributed by atoms with Crippen molar-refractivity contribution in [3.05, 3.63) is 28.0 Å². The maximum atomic E-state index is 11.8. The summed E-state index contributed by atoms with van der Waals surface area (Å²) in [6.07, 6.45) is -0.486. The summed E-state index contributed by atoms with van der Waals surface area (Å²) in [7, 11) is 0. The number of carbonyl (C=O) groups excluding carboxylic acids is 1. The second kappa shape index (κ2) is 6.18. The molecule has 3 N–H and O–H groups in total. The van der Waals surface area contributed by atoms with Crippen LogP contribution in [0.3, 0.4) is 0 Å². The molecule has 19 heavy (non-hydrogen) atoms. The topological polar surface area (TPSA) is 99.5 Å². The highest BCUT2D eigenvalue weighted by molar-refractivity contribution is 6.34. The van der Waals surface area contributed by atoms with Crippen molar-refractivity contribution in [2.45, 2.75) is 18.9 Å². The van der Waals surface area contributed by atoms with E-state index in [1.807, 2.05) is 0 Å². The largest absolute Gasteiger partial charge is 0.481 e. The molecule has 8 heteroatoms. The number of aliphatic carboxylic acids is 1. The first-order chi connectivity index (χ1) is 8.71. The smallest absolute Gasteiger partial charge is 0.306 e. The summed E-state index contributed by atoms with van der Waals surface area (Å²) in [5, 5.41) is 20.8. The standard InChI is InChI=1S/C11H12Cl2N2O4/c1-11(19,4-8(16)17)5-14-10(18)6-2-3-7(12)15-9(6)13/h2-3,19H,4-5H2,1H3,(H,14,18)(H,16,17). The Bertz CT molecular complexity index is 505. The van der Waals surface area contributed by atoms with Gasteiger partial charge in [-0.1, -0.05) is 23.2 Å². The van der Waals surface area contributed by atoms with E-state index >= 15 is 0 Å². The number of carbonyl (C=O) groups is 2. The minimum absolute atomic E-state index is 0.0668. The van der Waals surface area contributed by atoms with Crippen molar-refractivity contribution in [1.29, 1.82) is 0 Å². The summed E-state index contributed by atoms with van der Waals surface area (Å²) in [6, 6.07) is 2.79. The number of hydrogen-bond acceptors (Lipinski definition) is 4. The van der Waals surface area contributed by atoms with Crippen molar-refractivity contribution in [2.24, 2.45) is 0 Å². The van der Waals surface area contributed by atoms with Gasteiger partial charge < -0.3 is 15.5 Å². The van der Waals surface area contributed by atoms with Gasteiger partial charge in [0.15, 0.2) is 0 Å². The monoisotopic (exact) mass is 306 g/mol. The molecule has 1 atom stereocenters. The maximum Gasteiger partial charge on any atom is 0.306 e. The molecule has 0 saturated heterocycles. The molecule has 104 valence electrons. The van der Waals surface area contributed by atoms with Gasteiger partial charge in [-0.2, -0.15) is 0 Å². The lowest BCUT2D eigenvalue weighted by Gasteiger charge is -2.21. The molecule has 1 unspecified atom stereocenters. The Balaban J connectivity index is 2.68. The molecule has 0 bridgehead atoms. The number of hydrogen-bond donors (Lipinski definition) is 3. The van der Waals surface area contributed by atoms with E-state index in [4.69, 9.17) is 28.3 Å². The molecular weight excluding hydrogens is 295 g/mol. The Hall–Kier alpha value is -1.37. The fourth-order valence-corrected chi connectivity index (χ4v) is 1.77. The van der Waals surface area contributed by atoms with Crippen LogP contribution >= 0.6 is 23.2 Å². The number of aliphatic hydroxyl groups is 1. The van der Waals surface area contributed by atoms with E-state index in [0.717, 1.165) is 0 Å². The summed E-state index contributed by atoms with van der Waals surface area (Å²) in [5.41, 5.74) is -1.45. The van der Waals surface area contributed by atoms with E-state index in [-0.39, 0.29) is 22.4 Å². The average molecular weight is 307 g/mol. The van der Waals surface area contributed by atoms with Gasteiger partial charge in [0.05, 0.1) is 17.6 Å². The second-order valence-electron chi connectivity index (χ2n) is 4.22. The van der Waals surface area contributed by atoms with Crippen LogP contribution in [0.5, 0.6) is 0 Å². The first kappa shape index (κ1) is 15.7. The molecule has 0 saturated carbocycles. The minimum Gasteiger partial charge on any atom is -0.481 e. The number of carboxylic acids is 1. The summed E-state index contributed by atoms with van der Waals surface area (Å²) in [5.74, 6) is -1.73. The van der Waals surface area contributed by atoms with Crippen LogP contribution < -0.4 is 5.32 Å². The van der Waals surface area contributed by atoms with Crippen molar-refractivity contribution >= 4 is 35.1 Å². The highest BCUT2D eigenvalue weighted by Crippen LogP contribution is 2.16. The van der Waals surface area contributed by atoms with Gasteiger partial charge >= 0.3 is 5.97 Å². The van der Waals surface area contributed by atoms with Crippen molar-refractivity contribution < 1.29 is 19.8 Å². The molecule has 1 rings (SSSR count). The molecule has 1 heterocycles. The van der Waals surface area contributed by atoms with E-state index in [0.29, 0.717) is 0 Å². The Morgan fingerprint density at radius 2 is 2.05 bits per heavy atom. The molecule has 0 fully saturated rings. The summed E-state index contributed by atoms with van der Waals surface area (Å²) < 4.78 is 0. The molecule has 0 aliphatic carbocycles. The zero-order chi connectivity index (χ0) is 14.6. The number of amides is 1. The van der Waals surface area contributed by atoms with E-state index in [2.05, 4.69) is 10.3 Å². The molecule has 0 spiro atoms. The molecule has 6 nitrogen and oxygen atoms in total. The molecule has 1 amide bonds. The van der Waals surface area contributed by atoms with Crippen LogP contribution in [0.15, 0.2) is 12.1 Å². The molecule has 1 aromatic rings. The lowest BCUT2D eigenvalue weighted by atomic mass is 10.0. The van der Waals surface area contributed by atoms with E-state index in [1.54, 1.807) is 0 Å². The van der Waals surface area contributed by atoms with E-state index < -0.39 is 23.9 Å². The van der Waals surface area contributed by atoms with Gasteiger partial charge in [0.1, 0.15) is 10.3 Å². The fraction of sp³-hybridized carbons (Fsp3) is 0.364. The molecule has 1 aromatic heterocycles. The number of halogens is 2. The molecule has 0 aliphatic heterocycles. The molecule has 0 aliphatic rings. The summed E-state index contributed by atoms with van der Waals surface area (Å²) in [6.45, 7) is 1.08. The van der Waals surface area contributed by atoms with E-state index in [1.165, 1.54) is 19.1 Å². The van der Waals surface area contributed by atoms with Crippen LogP contribution in [0.1, 0.15) is 23.7 Å². The first-order valence-electron chi connectivity index (χ1n) is 5.26. The van der Waals surface area contributed by atoms with Crippen LogP contribution in [0.2, 0.25) is 10.3 Å². The Kier molecular flexibility index (Phi) is 5.11. The quantitative estimate of drug-likeness (QED) is 0.713. The molecule has 0 radical (unpaired) electrons. The molecular formula is C11H12Cl2N2O4. The Morgan fingerprint density at radius 1 is 1.42 bits per heavy atom. The summed E-state index contributed by atoms with van der Waals surface area (Å²) in [4.78, 5) is 26.0. The SMILES string of the molecule is CC(O)(CNC(=O)c1ccc(Cl)nc1Cl)CC(=O)O. The van der Waals surface area contributed by atoms with Gasteiger partial charge in [0.2, 0.25) is 0 Å². The second-order valence-corrected chi connectivity index (χ2v) is 4.97. The predicted octanol–water partition coefficient (Wildman–Crippen LogP) is 1.34. The fourth-order valence-electron chi connectivity index (χ4n) is 1.34. The van der Waals surface area contributed by atoms with Gasteiger partial charge in [-0.25, -0.2) is 4.98 Å². The van der Waals surface area contributed by atoms with Gasteiger partial charge in [0.25, 0.3) is 5.91 Å². The number of nitrogens with zero attached hydrogens (tertiary/aromatic N) is 1. The van der Waals surface area contributed by atoms with Gasteiger partial charge in [0, 0.05) is 6.54 Å². The van der Waals surface area contributed by atoms with Crippen molar-refractivity contribution in [1.82, 2.24) is 10.3 Å². The maximum absolute atomic E-state index is 11.8. The third-order valence-corrected chi connectivity index (χ3v) is 2.72. The summed E-state index contributed by atoms with van der Waals surface area (Å²) >= 11 is 11.3. The van der Waals surface area contributed by atoms with Gasteiger partial charge in [-0.15, -0.1) is 0 Å². The first-order valence-corrected chi connectivity index (χ1v) is 6.01. The number of nitrogens with one attached hydrogen (secondary N) is 1. The number of rotatable bonds is 5. The highest BCUT2D eigenvalue weighted by Gasteiger charge is 2.25. The average Bonchev–Trinajstić information content (AvgIpc) is 2.24. The number of carboxylic acid groups (broad SMARTS) is 1. The van der Waals surface area contributed by atoms with Crippen LogP contribution in [0.25, 0.3) is 0 Å². The van der Waals surface area contributed by atoms with Crippen LogP contribution in [0, 0.1) is 0 Å². The van der Waals surface area contributed by atoms with Gasteiger partial charge in [-0.05, 0) is 19.1 Å². The van der Waals surface area contributed by atoms with Crippen LogP contribution in [-0.4, -0.2) is 39.2 Å². The number of aromatic nitrogens is 1. The Labute approximate surface area is 119 Å². The van der Waals surface area contributed by atoms with Crippen molar-refractivity contribution in [3.8, 4) is 0 Å². The third-order valence-electron chi connectivity index (χ3n) is 2.22. The minimum atomic E-state index is -1.55. The highest BCUT2D eigenvalue weighted by atomic mass is 35.5. The van der Waals surface area contributed by atoms with Crippen LogP contribution in [0.4, 0.5) is 0 Å². The lowest BCUT2D eigenvalue weighted by Crippen LogP contribution is -2.42. The van der Waals surface area contributed by atoms with Gasteiger partial charge in [-0.3, -0.25) is 9.59 Å². The third kappa shape index (κ3) is 5.02. The Morgan fingerprint density at radius 3 is 2.58 bits per heavy atom. The predicted molar refractivity (Wildman–Crippen MR) is 69.5 cm³/mol. The van der Waals surface area contributed by atoms with E-state index in [9.17, 15) is 14.7 Å². The molecule has 0 aromatic carbocycles. The number of pyridine rings is 1. The normalized spacial score (nSPS) is 13.7. The van der Waals surface area contributed by atoms with Crippen molar-refractivity contribution in [3.63, 3.8) is 0 Å². The van der Waals surface area contributed by atoms with Crippen LogP contribution in [-0.2, 0) is 4.79 Å². The lowest BCUT2D eigenvalue weighted by molar-refractivity contribution is -0.141. The zero-order valence-corrected chi connectivity index (χ0v) is 11.5.